The van der Waals surface area contributed by atoms with Crippen molar-refractivity contribution in [3.63, 3.8) is 0 Å². The predicted octanol–water partition coefficient (Wildman–Crippen LogP) is 0.913. The molecule has 0 bridgehead atoms. The second-order valence-electron chi connectivity index (χ2n) is 2.85. The van der Waals surface area contributed by atoms with Gasteiger partial charge in [-0.2, -0.15) is 5.10 Å². The quantitative estimate of drug-likeness (QED) is 0.490. The topological polar surface area (TPSA) is 47.3 Å². The van der Waals surface area contributed by atoms with E-state index in [0.717, 1.165) is 0 Å². The molecular weight excluding hydrogens is 178 g/mol. The Morgan fingerprint density at radius 2 is 2.43 bits per heavy atom. The smallest absolute Gasteiger partial charge is 0.180 e. The molecule has 14 heavy (non-hydrogen) atoms. The molecule has 0 saturated heterocycles. The Morgan fingerprint density at radius 1 is 1.64 bits per heavy atom. The molecule has 2 heterocycles. The zero-order valence-electron chi connectivity index (χ0n) is 7.56. The highest BCUT2D eigenvalue weighted by molar-refractivity contribution is 5.93. The molecule has 0 aliphatic carbocycles. The van der Waals surface area contributed by atoms with Gasteiger partial charge in [-0.15, -0.1) is 6.42 Å². The molecular formula is C10H7N3O. The second kappa shape index (κ2) is 2.96. The van der Waals surface area contributed by atoms with E-state index in [9.17, 15) is 4.79 Å². The van der Waals surface area contributed by atoms with E-state index in [4.69, 9.17) is 6.42 Å². The maximum absolute atomic E-state index is 11.0. The van der Waals surface area contributed by atoms with E-state index in [0.29, 0.717) is 17.0 Å². The van der Waals surface area contributed by atoms with Gasteiger partial charge < -0.3 is 0 Å². The number of ketones is 1. The molecule has 0 aromatic carbocycles. The van der Waals surface area contributed by atoms with Crippen molar-refractivity contribution in [2.45, 2.75) is 6.92 Å². The zero-order valence-corrected chi connectivity index (χ0v) is 7.56. The molecule has 2 aromatic heterocycles. The van der Waals surface area contributed by atoms with Crippen LogP contribution in [0.2, 0.25) is 0 Å². The standard InChI is InChI=1S/C10H7N3O/c1-3-8-4-5-13-10(11-8)6-9(12-13)7(2)14/h1,4-6H,2H3. The number of carbonyl (C=O) groups excluding carboxylic acids is 1. The summed E-state index contributed by atoms with van der Waals surface area (Å²) in [5.74, 6) is 2.34. The van der Waals surface area contributed by atoms with Crippen LogP contribution in [0.25, 0.3) is 5.65 Å². The molecule has 2 rings (SSSR count). The first kappa shape index (κ1) is 8.45. The molecule has 0 unspecified atom stereocenters. The van der Waals surface area contributed by atoms with Gasteiger partial charge in [-0.05, 0) is 6.07 Å². The van der Waals surface area contributed by atoms with Crippen LogP contribution < -0.4 is 0 Å². The lowest BCUT2D eigenvalue weighted by Gasteiger charge is -1.91. The highest BCUT2D eigenvalue weighted by Gasteiger charge is 2.06. The van der Waals surface area contributed by atoms with Gasteiger partial charge in [0.25, 0.3) is 0 Å². The lowest BCUT2D eigenvalue weighted by atomic mass is 10.3. The van der Waals surface area contributed by atoms with E-state index in [1.165, 1.54) is 11.4 Å². The third kappa shape index (κ3) is 1.25. The number of aromatic nitrogens is 3. The first-order valence-corrected chi connectivity index (χ1v) is 4.04. The average molecular weight is 185 g/mol. The van der Waals surface area contributed by atoms with Crippen LogP contribution in [0.15, 0.2) is 18.3 Å². The first-order valence-electron chi connectivity index (χ1n) is 4.04. The summed E-state index contributed by atoms with van der Waals surface area (Å²) in [4.78, 5) is 15.1. The van der Waals surface area contributed by atoms with Gasteiger partial charge in [0.05, 0.1) is 0 Å². The molecule has 0 radical (unpaired) electrons. The molecule has 4 nitrogen and oxygen atoms in total. The summed E-state index contributed by atoms with van der Waals surface area (Å²) in [6, 6.07) is 3.28. The molecule has 0 N–H and O–H groups in total. The molecule has 0 aliphatic rings. The minimum Gasteiger partial charge on any atom is -0.293 e. The van der Waals surface area contributed by atoms with Gasteiger partial charge in [0.15, 0.2) is 11.4 Å². The number of carbonyl (C=O) groups is 1. The monoisotopic (exact) mass is 185 g/mol. The summed E-state index contributed by atoms with van der Waals surface area (Å²) in [5, 5.41) is 4.02. The fourth-order valence-corrected chi connectivity index (χ4v) is 1.13. The van der Waals surface area contributed by atoms with Gasteiger partial charge >= 0.3 is 0 Å². The highest BCUT2D eigenvalue weighted by Crippen LogP contribution is 2.05. The normalized spacial score (nSPS) is 10.0. The van der Waals surface area contributed by atoms with Crippen LogP contribution in [0.1, 0.15) is 23.1 Å². The zero-order chi connectivity index (χ0) is 10.1. The van der Waals surface area contributed by atoms with Gasteiger partial charge in [-0.25, -0.2) is 9.50 Å². The van der Waals surface area contributed by atoms with E-state index in [2.05, 4.69) is 16.0 Å². The number of rotatable bonds is 1. The SMILES string of the molecule is C#Cc1ccn2nc(C(C)=O)cc2n1. The van der Waals surface area contributed by atoms with E-state index in [1.807, 2.05) is 0 Å². The molecule has 0 fully saturated rings. The molecule has 0 atom stereocenters. The van der Waals surface area contributed by atoms with Gasteiger partial charge in [0, 0.05) is 19.2 Å². The lowest BCUT2D eigenvalue weighted by molar-refractivity contribution is 0.101. The largest absolute Gasteiger partial charge is 0.293 e. The Balaban J connectivity index is 2.67. The highest BCUT2D eigenvalue weighted by atomic mass is 16.1. The van der Waals surface area contributed by atoms with Gasteiger partial charge in [0.2, 0.25) is 0 Å². The number of Topliss-reactive ketones (excluding diaryl/α,β-unsaturated/α-hetero) is 1. The number of terminal acetylenes is 1. The van der Waals surface area contributed by atoms with Crippen molar-refractivity contribution >= 4 is 11.4 Å². The van der Waals surface area contributed by atoms with E-state index in [-0.39, 0.29) is 5.78 Å². The van der Waals surface area contributed by atoms with Crippen LogP contribution >= 0.6 is 0 Å². The van der Waals surface area contributed by atoms with E-state index >= 15 is 0 Å². The van der Waals surface area contributed by atoms with Crippen molar-refractivity contribution < 1.29 is 4.79 Å². The minimum atomic E-state index is -0.0854. The minimum absolute atomic E-state index is 0.0854. The molecule has 0 aliphatic heterocycles. The number of hydrogen-bond donors (Lipinski definition) is 0. The van der Waals surface area contributed by atoms with Crippen molar-refractivity contribution in [3.8, 4) is 12.3 Å². The molecule has 0 saturated carbocycles. The van der Waals surface area contributed by atoms with Crippen LogP contribution in [0.5, 0.6) is 0 Å². The van der Waals surface area contributed by atoms with Crippen molar-refractivity contribution in [1.82, 2.24) is 14.6 Å². The molecule has 2 aromatic rings. The van der Waals surface area contributed by atoms with Crippen molar-refractivity contribution in [2.24, 2.45) is 0 Å². The summed E-state index contributed by atoms with van der Waals surface area (Å²) in [6.07, 6.45) is 6.88. The third-order valence-corrected chi connectivity index (χ3v) is 1.83. The van der Waals surface area contributed by atoms with Gasteiger partial charge in [-0.1, -0.05) is 5.92 Å². The lowest BCUT2D eigenvalue weighted by Crippen LogP contribution is -1.94. The number of hydrogen-bond acceptors (Lipinski definition) is 3. The summed E-state index contributed by atoms with van der Waals surface area (Å²) in [7, 11) is 0. The first-order chi connectivity index (χ1) is 6.70. The average Bonchev–Trinajstić information content (AvgIpc) is 2.59. The van der Waals surface area contributed by atoms with Crippen molar-refractivity contribution in [1.29, 1.82) is 0 Å². The van der Waals surface area contributed by atoms with Gasteiger partial charge in [-0.3, -0.25) is 4.79 Å². The maximum Gasteiger partial charge on any atom is 0.180 e. The molecule has 68 valence electrons. The van der Waals surface area contributed by atoms with Crippen LogP contribution in [0, 0.1) is 12.3 Å². The third-order valence-electron chi connectivity index (χ3n) is 1.83. The summed E-state index contributed by atoms with van der Waals surface area (Å²) < 4.78 is 1.53. The Labute approximate surface area is 80.6 Å². The Bertz CT molecular complexity index is 548. The maximum atomic E-state index is 11.0. The van der Waals surface area contributed by atoms with Crippen LogP contribution in [0.3, 0.4) is 0 Å². The fourth-order valence-electron chi connectivity index (χ4n) is 1.13. The number of fused-ring (bicyclic) bond motifs is 1. The Kier molecular flexibility index (Phi) is 1.79. The Morgan fingerprint density at radius 3 is 3.07 bits per heavy atom. The fraction of sp³-hybridized carbons (Fsp3) is 0.100. The van der Waals surface area contributed by atoms with Crippen molar-refractivity contribution in [2.75, 3.05) is 0 Å². The van der Waals surface area contributed by atoms with E-state index < -0.39 is 0 Å². The van der Waals surface area contributed by atoms with Crippen molar-refractivity contribution in [3.05, 3.63) is 29.7 Å². The summed E-state index contributed by atoms with van der Waals surface area (Å²) in [6.45, 7) is 1.46. The second-order valence-corrected chi connectivity index (χ2v) is 2.85. The molecule has 0 spiro atoms. The molecule has 4 heteroatoms. The van der Waals surface area contributed by atoms with Crippen LogP contribution in [-0.2, 0) is 0 Å². The van der Waals surface area contributed by atoms with Crippen LogP contribution in [0.4, 0.5) is 0 Å². The van der Waals surface area contributed by atoms with E-state index in [1.54, 1.807) is 18.3 Å². The summed E-state index contributed by atoms with van der Waals surface area (Å²) >= 11 is 0. The molecule has 0 amide bonds. The predicted molar refractivity (Wildman–Crippen MR) is 50.9 cm³/mol. The van der Waals surface area contributed by atoms with Gasteiger partial charge in [0.1, 0.15) is 11.4 Å². The van der Waals surface area contributed by atoms with Crippen LogP contribution in [-0.4, -0.2) is 20.4 Å². The number of nitrogens with zero attached hydrogens (tertiary/aromatic N) is 3. The summed E-state index contributed by atoms with van der Waals surface area (Å²) in [5.41, 5.74) is 1.52. The Hall–Kier alpha value is -2.15.